The van der Waals surface area contributed by atoms with Gasteiger partial charge in [-0.25, -0.2) is 4.39 Å². The lowest BCUT2D eigenvalue weighted by Crippen LogP contribution is -2.41. The Morgan fingerprint density at radius 3 is 2.18 bits per heavy atom. The van der Waals surface area contributed by atoms with E-state index >= 15 is 0 Å². The van der Waals surface area contributed by atoms with Gasteiger partial charge in [-0.15, -0.1) is 0 Å². The number of hydrogen-bond acceptors (Lipinski definition) is 1. The van der Waals surface area contributed by atoms with Gasteiger partial charge in [0.05, 0.1) is 3.57 Å². The van der Waals surface area contributed by atoms with Gasteiger partial charge in [0.25, 0.3) is 0 Å². The Hall–Kier alpha value is -0.670. The van der Waals surface area contributed by atoms with Gasteiger partial charge in [-0.3, -0.25) is 0 Å². The molecule has 1 nitrogen and oxygen atoms in total. The summed E-state index contributed by atoms with van der Waals surface area (Å²) in [5, 5.41) is 0. The van der Waals surface area contributed by atoms with Crippen molar-refractivity contribution in [2.24, 2.45) is 0 Å². The minimum Gasteiger partial charge on any atom is -0.486 e. The fourth-order valence-corrected chi connectivity index (χ4v) is 1.48. The number of benzene rings is 1. The summed E-state index contributed by atoms with van der Waals surface area (Å²) in [6.45, 7) is -1.84. The highest BCUT2D eigenvalue weighted by Gasteiger charge is 2.58. The number of halogens is 7. The van der Waals surface area contributed by atoms with Crippen molar-refractivity contribution in [3.8, 4) is 5.75 Å². The Morgan fingerprint density at radius 1 is 1.12 bits per heavy atom. The van der Waals surface area contributed by atoms with Crippen LogP contribution in [0.15, 0.2) is 18.2 Å². The Labute approximate surface area is 106 Å². The molecule has 0 radical (unpaired) electrons. The quantitative estimate of drug-likeness (QED) is 0.577. The van der Waals surface area contributed by atoms with E-state index in [1.165, 1.54) is 0 Å². The van der Waals surface area contributed by atoms with Crippen LogP contribution in [0, 0.1) is 9.39 Å². The molecule has 0 atom stereocenters. The Bertz CT molecular complexity index is 403. The molecule has 0 saturated carbocycles. The van der Waals surface area contributed by atoms with Gasteiger partial charge < -0.3 is 4.74 Å². The minimum absolute atomic E-state index is 0.112. The topological polar surface area (TPSA) is 9.23 Å². The lowest BCUT2D eigenvalue weighted by Gasteiger charge is -2.20. The molecule has 0 aliphatic rings. The molecule has 0 spiro atoms. The summed E-state index contributed by atoms with van der Waals surface area (Å²) in [4.78, 5) is 0. The standard InChI is InChI=1S/C9H5F6IO/c10-5-1-2-7(6(16)3-5)17-4-8(11,12)9(13,14)15/h1-3H,4H2. The molecule has 1 aromatic carbocycles. The van der Waals surface area contributed by atoms with Crippen molar-refractivity contribution in [3.05, 3.63) is 27.6 Å². The molecule has 0 bridgehead atoms. The summed E-state index contributed by atoms with van der Waals surface area (Å²) in [7, 11) is 0. The van der Waals surface area contributed by atoms with Crippen LogP contribution in [-0.4, -0.2) is 18.7 Å². The fourth-order valence-electron chi connectivity index (χ4n) is 0.842. The summed E-state index contributed by atoms with van der Waals surface area (Å²) in [6, 6.07) is 2.86. The van der Waals surface area contributed by atoms with E-state index in [1.807, 2.05) is 0 Å². The third kappa shape index (κ3) is 3.65. The summed E-state index contributed by atoms with van der Waals surface area (Å²) in [6.07, 6.45) is -5.67. The second-order valence-corrected chi connectivity index (χ2v) is 4.23. The third-order valence-corrected chi connectivity index (χ3v) is 2.56. The van der Waals surface area contributed by atoms with Crippen LogP contribution in [0.3, 0.4) is 0 Å². The van der Waals surface area contributed by atoms with Crippen LogP contribution in [0.2, 0.25) is 0 Å². The molecule has 0 amide bonds. The van der Waals surface area contributed by atoms with Crippen molar-refractivity contribution in [1.29, 1.82) is 0 Å². The number of alkyl halides is 5. The highest BCUT2D eigenvalue weighted by Crippen LogP contribution is 2.36. The van der Waals surface area contributed by atoms with E-state index in [4.69, 9.17) is 0 Å². The SMILES string of the molecule is Fc1ccc(OCC(F)(F)C(F)(F)F)c(I)c1. The van der Waals surface area contributed by atoms with E-state index < -0.39 is 24.5 Å². The first-order chi connectivity index (χ1) is 7.63. The molecule has 8 heteroatoms. The van der Waals surface area contributed by atoms with Crippen molar-refractivity contribution in [3.63, 3.8) is 0 Å². The first kappa shape index (κ1) is 14.4. The van der Waals surface area contributed by atoms with Crippen molar-refractivity contribution in [1.82, 2.24) is 0 Å². The van der Waals surface area contributed by atoms with Crippen LogP contribution >= 0.6 is 22.6 Å². The maximum Gasteiger partial charge on any atom is 0.456 e. The molecule has 0 heterocycles. The predicted octanol–water partition coefficient (Wildman–Crippen LogP) is 4.01. The van der Waals surface area contributed by atoms with E-state index in [1.54, 1.807) is 22.6 Å². The molecule has 0 fully saturated rings. The summed E-state index contributed by atoms with van der Waals surface area (Å²) in [5.74, 6) is -5.80. The fraction of sp³-hybridized carbons (Fsp3) is 0.333. The molecule has 0 aliphatic carbocycles. The molecular formula is C9H5F6IO. The van der Waals surface area contributed by atoms with Crippen LogP contribution in [0.25, 0.3) is 0 Å². The molecule has 1 rings (SSSR count). The zero-order valence-corrected chi connectivity index (χ0v) is 10.2. The van der Waals surface area contributed by atoms with Crippen molar-refractivity contribution >= 4 is 22.6 Å². The van der Waals surface area contributed by atoms with Crippen molar-refractivity contribution < 1.29 is 31.1 Å². The molecule has 96 valence electrons. The van der Waals surface area contributed by atoms with Crippen molar-refractivity contribution in [2.45, 2.75) is 12.1 Å². The van der Waals surface area contributed by atoms with E-state index in [2.05, 4.69) is 4.74 Å². The van der Waals surface area contributed by atoms with Crippen LogP contribution < -0.4 is 4.74 Å². The highest BCUT2D eigenvalue weighted by molar-refractivity contribution is 14.1. The number of ether oxygens (including phenoxy) is 1. The average Bonchev–Trinajstić information content (AvgIpc) is 2.14. The third-order valence-electron chi connectivity index (χ3n) is 1.72. The van der Waals surface area contributed by atoms with Crippen LogP contribution in [0.5, 0.6) is 5.75 Å². The predicted molar refractivity (Wildman–Crippen MR) is 55.6 cm³/mol. The first-order valence-electron chi connectivity index (χ1n) is 4.16. The van der Waals surface area contributed by atoms with Gasteiger partial charge in [0.2, 0.25) is 0 Å². The van der Waals surface area contributed by atoms with E-state index in [0.717, 1.165) is 18.2 Å². The monoisotopic (exact) mass is 370 g/mol. The maximum absolute atomic E-state index is 12.6. The molecule has 0 aliphatic heterocycles. The van der Waals surface area contributed by atoms with Gasteiger partial charge in [0, 0.05) is 0 Å². The van der Waals surface area contributed by atoms with Gasteiger partial charge in [-0.05, 0) is 40.8 Å². The van der Waals surface area contributed by atoms with Gasteiger partial charge in [-0.1, -0.05) is 0 Å². The molecule has 1 aromatic rings. The van der Waals surface area contributed by atoms with Gasteiger partial charge in [0.1, 0.15) is 11.6 Å². The first-order valence-corrected chi connectivity index (χ1v) is 5.24. The van der Waals surface area contributed by atoms with Crippen molar-refractivity contribution in [2.75, 3.05) is 6.61 Å². The zero-order valence-electron chi connectivity index (χ0n) is 7.99. The number of hydrogen-bond donors (Lipinski definition) is 0. The summed E-state index contributed by atoms with van der Waals surface area (Å²) in [5.41, 5.74) is 0. The molecule has 0 saturated heterocycles. The largest absolute Gasteiger partial charge is 0.486 e. The highest BCUT2D eigenvalue weighted by atomic mass is 127. The number of rotatable bonds is 3. The summed E-state index contributed by atoms with van der Waals surface area (Å²) >= 11 is 1.57. The zero-order chi connectivity index (χ0) is 13.3. The van der Waals surface area contributed by atoms with E-state index in [9.17, 15) is 26.3 Å². The Kier molecular flexibility index (Phi) is 4.15. The van der Waals surface area contributed by atoms with Crippen LogP contribution in [0.4, 0.5) is 26.3 Å². The second-order valence-electron chi connectivity index (χ2n) is 3.07. The van der Waals surface area contributed by atoms with Gasteiger partial charge in [-0.2, -0.15) is 22.0 Å². The average molecular weight is 370 g/mol. The Balaban J connectivity index is 2.74. The van der Waals surface area contributed by atoms with E-state index in [-0.39, 0.29) is 9.32 Å². The van der Waals surface area contributed by atoms with Gasteiger partial charge in [0.15, 0.2) is 6.61 Å². The molecule has 0 unspecified atom stereocenters. The molecule has 17 heavy (non-hydrogen) atoms. The second kappa shape index (κ2) is 4.91. The molecule has 0 aromatic heterocycles. The van der Waals surface area contributed by atoms with Crippen LogP contribution in [0.1, 0.15) is 0 Å². The maximum atomic E-state index is 12.6. The van der Waals surface area contributed by atoms with E-state index in [0.29, 0.717) is 0 Å². The van der Waals surface area contributed by atoms with Gasteiger partial charge >= 0.3 is 12.1 Å². The lowest BCUT2D eigenvalue weighted by atomic mass is 10.3. The van der Waals surface area contributed by atoms with Crippen LogP contribution in [-0.2, 0) is 0 Å². The Morgan fingerprint density at radius 2 is 1.71 bits per heavy atom. The smallest absolute Gasteiger partial charge is 0.456 e. The normalized spacial score (nSPS) is 12.6. The molecular weight excluding hydrogens is 365 g/mol. The minimum atomic E-state index is -5.67. The summed E-state index contributed by atoms with van der Waals surface area (Å²) < 4.78 is 77.5. The molecule has 0 N–H and O–H groups in total. The lowest BCUT2D eigenvalue weighted by molar-refractivity contribution is -0.290.